The van der Waals surface area contributed by atoms with Crippen LogP contribution in [0, 0.1) is 0 Å². The van der Waals surface area contributed by atoms with E-state index in [2.05, 4.69) is 0 Å². The molecule has 4 heteroatoms. The first-order chi connectivity index (χ1) is 7.63. The van der Waals surface area contributed by atoms with Crippen molar-refractivity contribution in [2.75, 3.05) is 20.5 Å². The molecule has 1 aromatic carbocycles. The molecule has 0 aliphatic carbocycles. The van der Waals surface area contributed by atoms with Crippen molar-refractivity contribution in [3.63, 3.8) is 0 Å². The molecule has 0 heterocycles. The highest BCUT2D eigenvalue weighted by Gasteiger charge is 2.15. The van der Waals surface area contributed by atoms with E-state index in [0.29, 0.717) is 6.42 Å². The summed E-state index contributed by atoms with van der Waals surface area (Å²) < 4.78 is 10.6. The fraction of sp³-hybridized carbons (Fsp3) is 0.500. The predicted molar refractivity (Wildman–Crippen MR) is 66.7 cm³/mol. The van der Waals surface area contributed by atoms with Crippen LogP contribution in [0.15, 0.2) is 17.0 Å². The molecule has 1 unspecified atom stereocenters. The lowest BCUT2D eigenvalue weighted by Gasteiger charge is -2.16. The van der Waals surface area contributed by atoms with E-state index in [1.807, 2.05) is 18.4 Å². The van der Waals surface area contributed by atoms with E-state index in [-0.39, 0.29) is 6.10 Å². The summed E-state index contributed by atoms with van der Waals surface area (Å²) in [6.45, 7) is 1.78. The van der Waals surface area contributed by atoms with Gasteiger partial charge in [-0.05, 0) is 31.2 Å². The van der Waals surface area contributed by atoms with Crippen LogP contribution in [0.5, 0.6) is 11.5 Å². The molecule has 0 aliphatic heterocycles. The molecule has 0 radical (unpaired) electrons. The highest BCUT2D eigenvalue weighted by Crippen LogP contribution is 2.39. The topological polar surface area (TPSA) is 38.7 Å². The number of hydrogen-bond acceptors (Lipinski definition) is 4. The number of aliphatic hydroxyl groups is 1. The SMILES string of the molecule is COc1ccc(CC(C)O)c(SC)c1OC. The summed E-state index contributed by atoms with van der Waals surface area (Å²) in [6, 6.07) is 3.84. The van der Waals surface area contributed by atoms with Gasteiger partial charge in [-0.15, -0.1) is 11.8 Å². The predicted octanol–water partition coefficient (Wildman–Crippen LogP) is 2.35. The summed E-state index contributed by atoms with van der Waals surface area (Å²) in [7, 11) is 3.25. The maximum Gasteiger partial charge on any atom is 0.174 e. The van der Waals surface area contributed by atoms with Crippen molar-refractivity contribution in [3.8, 4) is 11.5 Å². The maximum absolute atomic E-state index is 9.43. The summed E-state index contributed by atoms with van der Waals surface area (Å²) in [4.78, 5) is 1.03. The van der Waals surface area contributed by atoms with Crippen molar-refractivity contribution in [1.29, 1.82) is 0 Å². The molecule has 0 bridgehead atoms. The van der Waals surface area contributed by atoms with Crippen LogP contribution in [-0.4, -0.2) is 31.7 Å². The molecular weight excluding hydrogens is 224 g/mol. The van der Waals surface area contributed by atoms with Crippen molar-refractivity contribution >= 4 is 11.8 Å². The van der Waals surface area contributed by atoms with Crippen molar-refractivity contribution < 1.29 is 14.6 Å². The van der Waals surface area contributed by atoms with Gasteiger partial charge in [-0.1, -0.05) is 6.07 Å². The average Bonchev–Trinajstić information content (AvgIpc) is 2.27. The number of thioether (sulfide) groups is 1. The first kappa shape index (κ1) is 13.2. The average molecular weight is 242 g/mol. The van der Waals surface area contributed by atoms with Gasteiger partial charge in [0.2, 0.25) is 0 Å². The molecule has 0 aromatic heterocycles. The molecule has 90 valence electrons. The minimum Gasteiger partial charge on any atom is -0.493 e. The molecule has 3 nitrogen and oxygen atoms in total. The minimum atomic E-state index is -0.357. The molecule has 0 amide bonds. The monoisotopic (exact) mass is 242 g/mol. The third-order valence-corrected chi connectivity index (χ3v) is 3.16. The highest BCUT2D eigenvalue weighted by molar-refractivity contribution is 7.98. The van der Waals surface area contributed by atoms with Crippen molar-refractivity contribution in [3.05, 3.63) is 17.7 Å². The first-order valence-corrected chi connectivity index (χ1v) is 6.32. The Morgan fingerprint density at radius 3 is 2.44 bits per heavy atom. The Morgan fingerprint density at radius 2 is 2.00 bits per heavy atom. The van der Waals surface area contributed by atoms with Crippen molar-refractivity contribution in [2.45, 2.75) is 24.3 Å². The van der Waals surface area contributed by atoms with Gasteiger partial charge < -0.3 is 14.6 Å². The Kier molecular flexibility index (Phi) is 4.96. The number of methoxy groups -OCH3 is 2. The standard InChI is InChI=1S/C12H18O3S/c1-8(13)7-9-5-6-10(14-2)11(15-3)12(9)16-4/h5-6,8,13H,7H2,1-4H3. The van der Waals surface area contributed by atoms with Crippen LogP contribution in [0.25, 0.3) is 0 Å². The quantitative estimate of drug-likeness (QED) is 0.804. The Balaban J connectivity index is 3.20. The second-order valence-electron chi connectivity index (χ2n) is 3.55. The second-order valence-corrected chi connectivity index (χ2v) is 4.36. The van der Waals surface area contributed by atoms with Gasteiger partial charge in [-0.2, -0.15) is 0 Å². The maximum atomic E-state index is 9.43. The summed E-state index contributed by atoms with van der Waals surface area (Å²) in [5.74, 6) is 1.47. The Labute approximate surface area is 101 Å². The molecule has 1 atom stereocenters. The first-order valence-electron chi connectivity index (χ1n) is 5.10. The molecule has 0 saturated heterocycles. The van der Waals surface area contributed by atoms with Crippen molar-refractivity contribution in [1.82, 2.24) is 0 Å². The molecule has 0 fully saturated rings. The van der Waals surface area contributed by atoms with E-state index in [0.717, 1.165) is 22.0 Å². The molecule has 16 heavy (non-hydrogen) atoms. The molecule has 1 N–H and O–H groups in total. The van der Waals surface area contributed by atoms with E-state index in [1.54, 1.807) is 32.9 Å². The normalized spacial score (nSPS) is 12.3. The van der Waals surface area contributed by atoms with Crippen LogP contribution in [-0.2, 0) is 6.42 Å². The van der Waals surface area contributed by atoms with Gasteiger partial charge in [0.25, 0.3) is 0 Å². The van der Waals surface area contributed by atoms with Crippen LogP contribution in [0.2, 0.25) is 0 Å². The van der Waals surface area contributed by atoms with E-state index in [4.69, 9.17) is 9.47 Å². The van der Waals surface area contributed by atoms with Gasteiger partial charge in [0.1, 0.15) is 0 Å². The zero-order valence-corrected chi connectivity index (χ0v) is 10.9. The molecule has 1 rings (SSSR count). The summed E-state index contributed by atoms with van der Waals surface area (Å²) in [6.07, 6.45) is 2.25. The van der Waals surface area contributed by atoms with Gasteiger partial charge in [-0.3, -0.25) is 0 Å². The molecular formula is C12H18O3S. The van der Waals surface area contributed by atoms with Crippen LogP contribution in [0.4, 0.5) is 0 Å². The van der Waals surface area contributed by atoms with Gasteiger partial charge >= 0.3 is 0 Å². The lowest BCUT2D eigenvalue weighted by atomic mass is 10.1. The van der Waals surface area contributed by atoms with Crippen LogP contribution in [0.1, 0.15) is 12.5 Å². The third-order valence-electron chi connectivity index (χ3n) is 2.30. The number of ether oxygens (including phenoxy) is 2. The number of rotatable bonds is 5. The zero-order valence-electron chi connectivity index (χ0n) is 10.1. The lowest BCUT2D eigenvalue weighted by molar-refractivity contribution is 0.194. The molecule has 0 spiro atoms. The second kappa shape index (κ2) is 6.01. The summed E-state index contributed by atoms with van der Waals surface area (Å²) in [5.41, 5.74) is 1.08. The lowest BCUT2D eigenvalue weighted by Crippen LogP contribution is -2.06. The Hall–Kier alpha value is -0.870. The van der Waals surface area contributed by atoms with Crippen molar-refractivity contribution in [2.24, 2.45) is 0 Å². The minimum absolute atomic E-state index is 0.357. The number of hydrogen-bond donors (Lipinski definition) is 1. The summed E-state index contributed by atoms with van der Waals surface area (Å²) >= 11 is 1.60. The fourth-order valence-electron chi connectivity index (χ4n) is 1.64. The van der Waals surface area contributed by atoms with E-state index < -0.39 is 0 Å². The Bertz CT molecular complexity index is 350. The van der Waals surface area contributed by atoms with Crippen LogP contribution >= 0.6 is 11.8 Å². The fourth-order valence-corrected chi connectivity index (χ4v) is 2.43. The van der Waals surface area contributed by atoms with E-state index in [1.165, 1.54) is 0 Å². The van der Waals surface area contributed by atoms with E-state index >= 15 is 0 Å². The zero-order chi connectivity index (χ0) is 12.1. The van der Waals surface area contributed by atoms with Gasteiger partial charge in [-0.25, -0.2) is 0 Å². The van der Waals surface area contributed by atoms with Crippen LogP contribution < -0.4 is 9.47 Å². The van der Waals surface area contributed by atoms with Crippen LogP contribution in [0.3, 0.4) is 0 Å². The molecule has 0 aliphatic rings. The number of aliphatic hydroxyl groups excluding tert-OH is 1. The summed E-state index contributed by atoms with van der Waals surface area (Å²) in [5, 5.41) is 9.43. The third kappa shape index (κ3) is 2.83. The smallest absolute Gasteiger partial charge is 0.174 e. The van der Waals surface area contributed by atoms with Gasteiger partial charge in [0.05, 0.1) is 25.2 Å². The van der Waals surface area contributed by atoms with Gasteiger partial charge in [0.15, 0.2) is 11.5 Å². The highest BCUT2D eigenvalue weighted by atomic mass is 32.2. The number of benzene rings is 1. The molecule has 1 aromatic rings. The Morgan fingerprint density at radius 1 is 1.31 bits per heavy atom. The van der Waals surface area contributed by atoms with E-state index in [9.17, 15) is 5.11 Å². The largest absolute Gasteiger partial charge is 0.493 e. The van der Waals surface area contributed by atoms with Gasteiger partial charge in [0, 0.05) is 0 Å². The molecule has 0 saturated carbocycles.